The van der Waals surface area contributed by atoms with Crippen LogP contribution in [0.15, 0.2) is 48.5 Å². The van der Waals surface area contributed by atoms with Crippen LogP contribution >= 0.6 is 0 Å². The number of amides is 2. The summed E-state index contributed by atoms with van der Waals surface area (Å²) in [5.74, 6) is -0.753. The van der Waals surface area contributed by atoms with E-state index in [0.29, 0.717) is 6.54 Å². The Hall–Kier alpha value is -2.83. The number of hydrogen-bond donors (Lipinski definition) is 0. The van der Waals surface area contributed by atoms with Crippen LogP contribution in [-0.4, -0.2) is 24.9 Å². The van der Waals surface area contributed by atoms with Crippen LogP contribution in [0.5, 0.6) is 0 Å². The lowest BCUT2D eigenvalue weighted by Crippen LogP contribution is -2.36. The SMILES string of the molecule is CC(=O)N(CCC(=O)N1CCc2ccccc21)c1ccccc1C(F)(F)F. The molecule has 3 rings (SSSR count). The minimum atomic E-state index is -4.58. The Labute approximate surface area is 155 Å². The van der Waals surface area contributed by atoms with Crippen molar-refractivity contribution in [1.82, 2.24) is 0 Å². The molecule has 2 amide bonds. The van der Waals surface area contributed by atoms with Gasteiger partial charge >= 0.3 is 6.18 Å². The predicted molar refractivity (Wildman–Crippen MR) is 96.6 cm³/mol. The zero-order valence-electron chi connectivity index (χ0n) is 14.8. The zero-order valence-corrected chi connectivity index (χ0v) is 14.8. The number of benzene rings is 2. The summed E-state index contributed by atoms with van der Waals surface area (Å²) in [6.45, 7) is 1.63. The molecule has 0 bridgehead atoms. The normalized spacial score (nSPS) is 13.4. The van der Waals surface area contributed by atoms with Gasteiger partial charge in [-0.25, -0.2) is 0 Å². The summed E-state index contributed by atoms with van der Waals surface area (Å²) in [5, 5.41) is 0. The fourth-order valence-corrected chi connectivity index (χ4v) is 3.34. The van der Waals surface area contributed by atoms with Crippen LogP contribution in [0.2, 0.25) is 0 Å². The van der Waals surface area contributed by atoms with Gasteiger partial charge in [0.2, 0.25) is 11.8 Å². The molecule has 2 aromatic rings. The van der Waals surface area contributed by atoms with Crippen molar-refractivity contribution < 1.29 is 22.8 Å². The Bertz CT molecular complexity index is 864. The molecule has 0 radical (unpaired) electrons. The molecule has 7 heteroatoms. The third-order valence-electron chi connectivity index (χ3n) is 4.62. The topological polar surface area (TPSA) is 40.6 Å². The number of para-hydroxylation sites is 2. The van der Waals surface area contributed by atoms with Gasteiger partial charge in [0.05, 0.1) is 11.3 Å². The molecule has 0 aliphatic carbocycles. The number of carbonyl (C=O) groups is 2. The zero-order chi connectivity index (χ0) is 19.6. The largest absolute Gasteiger partial charge is 0.418 e. The fourth-order valence-electron chi connectivity index (χ4n) is 3.34. The third kappa shape index (κ3) is 3.97. The first-order chi connectivity index (χ1) is 12.8. The molecule has 0 atom stereocenters. The average Bonchev–Trinajstić information content (AvgIpc) is 3.05. The number of nitrogens with zero attached hydrogens (tertiary/aromatic N) is 2. The second-order valence-corrected chi connectivity index (χ2v) is 6.36. The van der Waals surface area contributed by atoms with Gasteiger partial charge in [-0.1, -0.05) is 30.3 Å². The lowest BCUT2D eigenvalue weighted by molar-refractivity contribution is -0.137. The standard InChI is InChI=1S/C20H19F3N2O2/c1-14(26)24(18-9-5-3-7-16(18)20(21,22)23)13-11-19(27)25-12-10-15-6-2-4-8-17(15)25/h2-9H,10-13H2,1H3. The minimum absolute atomic E-state index is 0.0555. The van der Waals surface area contributed by atoms with Gasteiger partial charge in [0.25, 0.3) is 0 Å². The van der Waals surface area contributed by atoms with Crippen LogP contribution in [0.25, 0.3) is 0 Å². The van der Waals surface area contributed by atoms with Crippen molar-refractivity contribution in [2.75, 3.05) is 22.9 Å². The highest BCUT2D eigenvalue weighted by Gasteiger charge is 2.35. The van der Waals surface area contributed by atoms with E-state index >= 15 is 0 Å². The number of rotatable bonds is 4. The Morgan fingerprint density at radius 2 is 1.74 bits per heavy atom. The Balaban J connectivity index is 1.78. The van der Waals surface area contributed by atoms with E-state index in [0.717, 1.165) is 28.6 Å². The van der Waals surface area contributed by atoms with Crippen LogP contribution in [0, 0.1) is 0 Å². The molecule has 0 saturated carbocycles. The highest BCUT2D eigenvalue weighted by Crippen LogP contribution is 2.36. The second kappa shape index (κ2) is 7.42. The summed E-state index contributed by atoms with van der Waals surface area (Å²) >= 11 is 0. The van der Waals surface area contributed by atoms with Crippen LogP contribution in [0.4, 0.5) is 24.5 Å². The summed E-state index contributed by atoms with van der Waals surface area (Å²) in [7, 11) is 0. The van der Waals surface area contributed by atoms with Crippen molar-refractivity contribution in [1.29, 1.82) is 0 Å². The van der Waals surface area contributed by atoms with Crippen molar-refractivity contribution in [3.05, 3.63) is 59.7 Å². The van der Waals surface area contributed by atoms with Gasteiger partial charge in [-0.2, -0.15) is 13.2 Å². The van der Waals surface area contributed by atoms with Crippen LogP contribution in [-0.2, 0) is 22.2 Å². The maximum absolute atomic E-state index is 13.3. The van der Waals surface area contributed by atoms with Crippen molar-refractivity contribution >= 4 is 23.2 Å². The number of anilines is 2. The summed E-state index contributed by atoms with van der Waals surface area (Å²) < 4.78 is 39.8. The minimum Gasteiger partial charge on any atom is -0.312 e. The molecule has 0 spiro atoms. The van der Waals surface area contributed by atoms with Crippen LogP contribution < -0.4 is 9.80 Å². The monoisotopic (exact) mass is 376 g/mol. The van der Waals surface area contributed by atoms with Crippen LogP contribution in [0.3, 0.4) is 0 Å². The highest BCUT2D eigenvalue weighted by molar-refractivity contribution is 5.97. The van der Waals surface area contributed by atoms with Gasteiger partial charge in [-0.05, 0) is 30.2 Å². The van der Waals surface area contributed by atoms with Crippen molar-refractivity contribution in [2.24, 2.45) is 0 Å². The molecular weight excluding hydrogens is 357 g/mol. The number of hydrogen-bond acceptors (Lipinski definition) is 2. The fraction of sp³-hybridized carbons (Fsp3) is 0.300. The molecule has 2 aromatic carbocycles. The summed E-state index contributed by atoms with van der Waals surface area (Å²) in [6, 6.07) is 12.4. The number of fused-ring (bicyclic) bond motifs is 1. The van der Waals surface area contributed by atoms with E-state index in [2.05, 4.69) is 0 Å². The van der Waals surface area contributed by atoms with Crippen molar-refractivity contribution in [3.63, 3.8) is 0 Å². The highest BCUT2D eigenvalue weighted by atomic mass is 19.4. The lowest BCUT2D eigenvalue weighted by atomic mass is 10.1. The number of carbonyl (C=O) groups excluding carboxylic acids is 2. The first kappa shape index (κ1) is 18.9. The molecule has 0 saturated heterocycles. The van der Waals surface area contributed by atoms with E-state index in [1.165, 1.54) is 25.1 Å². The Morgan fingerprint density at radius 3 is 2.44 bits per heavy atom. The number of alkyl halides is 3. The molecule has 142 valence electrons. The second-order valence-electron chi connectivity index (χ2n) is 6.36. The predicted octanol–water partition coefficient (Wildman–Crippen LogP) is 4.04. The molecule has 4 nitrogen and oxygen atoms in total. The first-order valence-corrected chi connectivity index (χ1v) is 8.61. The van der Waals surface area contributed by atoms with Crippen molar-refractivity contribution in [2.45, 2.75) is 25.9 Å². The van der Waals surface area contributed by atoms with Gasteiger partial charge in [-0.3, -0.25) is 9.59 Å². The van der Waals surface area contributed by atoms with Gasteiger partial charge in [0.15, 0.2) is 0 Å². The van der Waals surface area contributed by atoms with Crippen molar-refractivity contribution in [3.8, 4) is 0 Å². The van der Waals surface area contributed by atoms with E-state index in [4.69, 9.17) is 0 Å². The molecule has 0 aromatic heterocycles. The lowest BCUT2D eigenvalue weighted by Gasteiger charge is -2.26. The molecule has 27 heavy (non-hydrogen) atoms. The Morgan fingerprint density at radius 1 is 1.07 bits per heavy atom. The molecule has 1 aliphatic rings. The van der Waals surface area contributed by atoms with E-state index in [9.17, 15) is 22.8 Å². The first-order valence-electron chi connectivity index (χ1n) is 8.61. The van der Waals surface area contributed by atoms with E-state index < -0.39 is 17.6 Å². The Kier molecular flexibility index (Phi) is 5.21. The smallest absolute Gasteiger partial charge is 0.312 e. The van der Waals surface area contributed by atoms with E-state index in [1.54, 1.807) is 4.90 Å². The average molecular weight is 376 g/mol. The summed E-state index contributed by atoms with van der Waals surface area (Å²) in [5.41, 5.74) is 0.774. The van der Waals surface area contributed by atoms with Crippen LogP contribution in [0.1, 0.15) is 24.5 Å². The third-order valence-corrected chi connectivity index (χ3v) is 4.62. The molecule has 0 fully saturated rings. The van der Waals surface area contributed by atoms with E-state index in [1.807, 2.05) is 24.3 Å². The molecule has 1 aliphatic heterocycles. The number of halogens is 3. The van der Waals surface area contributed by atoms with Gasteiger partial charge < -0.3 is 9.80 Å². The molecule has 1 heterocycles. The maximum atomic E-state index is 13.3. The summed E-state index contributed by atoms with van der Waals surface area (Å²) in [4.78, 5) is 27.2. The summed E-state index contributed by atoms with van der Waals surface area (Å²) in [6.07, 6.45) is -3.89. The molecular formula is C20H19F3N2O2. The maximum Gasteiger partial charge on any atom is 0.418 e. The van der Waals surface area contributed by atoms with E-state index in [-0.39, 0.29) is 24.6 Å². The van der Waals surface area contributed by atoms with Gasteiger partial charge in [0.1, 0.15) is 0 Å². The van der Waals surface area contributed by atoms with Gasteiger partial charge in [-0.15, -0.1) is 0 Å². The molecule has 0 unspecified atom stereocenters. The van der Waals surface area contributed by atoms with Gasteiger partial charge in [0, 0.05) is 32.1 Å². The molecule has 0 N–H and O–H groups in total. The quantitative estimate of drug-likeness (QED) is 0.808.